The van der Waals surface area contributed by atoms with Gasteiger partial charge in [0.1, 0.15) is 5.78 Å². The first-order valence-corrected chi connectivity index (χ1v) is 7.63. The molecule has 0 radical (unpaired) electrons. The van der Waals surface area contributed by atoms with Crippen LogP contribution in [0.1, 0.15) is 36.0 Å². The third-order valence-electron chi connectivity index (χ3n) is 3.23. The second-order valence-electron chi connectivity index (χ2n) is 4.75. The highest BCUT2D eigenvalue weighted by atomic mass is 32.1. The maximum absolute atomic E-state index is 12.0. The fraction of sp³-hybridized carbons (Fsp3) is 0.467. The van der Waals surface area contributed by atoms with Gasteiger partial charge in [-0.25, -0.2) is 0 Å². The van der Waals surface area contributed by atoms with Gasteiger partial charge in [-0.1, -0.05) is 13.0 Å². The Labute approximate surface area is 118 Å². The van der Waals surface area contributed by atoms with Crippen LogP contribution in [-0.4, -0.2) is 15.6 Å². The van der Waals surface area contributed by atoms with Gasteiger partial charge in [0.2, 0.25) is 0 Å². The van der Waals surface area contributed by atoms with Gasteiger partial charge < -0.3 is 0 Å². The molecule has 102 valence electrons. The highest BCUT2D eigenvalue weighted by Gasteiger charge is 2.09. The van der Waals surface area contributed by atoms with Gasteiger partial charge in [-0.3, -0.25) is 9.48 Å². The Balaban J connectivity index is 1.79. The van der Waals surface area contributed by atoms with Crippen LogP contribution in [0.5, 0.6) is 0 Å². The van der Waals surface area contributed by atoms with E-state index in [2.05, 4.69) is 29.5 Å². The molecule has 0 spiro atoms. The van der Waals surface area contributed by atoms with Crippen molar-refractivity contribution in [1.82, 2.24) is 9.78 Å². The van der Waals surface area contributed by atoms with Crippen molar-refractivity contribution in [1.29, 1.82) is 0 Å². The lowest BCUT2D eigenvalue weighted by atomic mass is 10.1. The fourth-order valence-corrected chi connectivity index (χ4v) is 2.87. The summed E-state index contributed by atoms with van der Waals surface area (Å²) >= 11 is 1.76. The molecule has 0 saturated heterocycles. The van der Waals surface area contributed by atoms with E-state index in [0.717, 1.165) is 30.7 Å². The summed E-state index contributed by atoms with van der Waals surface area (Å²) in [6.45, 7) is 2.08. The van der Waals surface area contributed by atoms with E-state index in [9.17, 15) is 4.79 Å². The van der Waals surface area contributed by atoms with Gasteiger partial charge in [-0.15, -0.1) is 11.3 Å². The SMILES string of the molecule is CCc1cc(CC(=O)CCCc2cccs2)n(C)n1. The van der Waals surface area contributed by atoms with Crippen molar-refractivity contribution in [3.63, 3.8) is 0 Å². The molecule has 0 amide bonds. The number of nitrogens with zero attached hydrogens (tertiary/aromatic N) is 2. The van der Waals surface area contributed by atoms with E-state index in [0.29, 0.717) is 18.6 Å². The average Bonchev–Trinajstić information content (AvgIpc) is 3.00. The Morgan fingerprint density at radius 3 is 2.95 bits per heavy atom. The zero-order valence-corrected chi connectivity index (χ0v) is 12.4. The molecule has 0 aliphatic carbocycles. The van der Waals surface area contributed by atoms with Gasteiger partial charge in [-0.2, -0.15) is 5.10 Å². The highest BCUT2D eigenvalue weighted by Crippen LogP contribution is 2.13. The molecule has 19 heavy (non-hydrogen) atoms. The number of carbonyl (C=O) groups is 1. The Kier molecular flexibility index (Phi) is 4.91. The van der Waals surface area contributed by atoms with E-state index < -0.39 is 0 Å². The van der Waals surface area contributed by atoms with Gasteiger partial charge in [0.25, 0.3) is 0 Å². The normalized spacial score (nSPS) is 10.8. The van der Waals surface area contributed by atoms with E-state index in [1.54, 1.807) is 11.3 Å². The van der Waals surface area contributed by atoms with Gasteiger partial charge >= 0.3 is 0 Å². The fourth-order valence-electron chi connectivity index (χ4n) is 2.11. The zero-order chi connectivity index (χ0) is 13.7. The van der Waals surface area contributed by atoms with E-state index in [1.165, 1.54) is 4.88 Å². The van der Waals surface area contributed by atoms with Gasteiger partial charge in [0, 0.05) is 30.5 Å². The number of aryl methyl sites for hydroxylation is 3. The molecular weight excluding hydrogens is 256 g/mol. The summed E-state index contributed by atoms with van der Waals surface area (Å²) in [7, 11) is 1.91. The largest absolute Gasteiger partial charge is 0.299 e. The van der Waals surface area contributed by atoms with Crippen LogP contribution in [0, 0.1) is 0 Å². The first-order chi connectivity index (χ1) is 9.19. The van der Waals surface area contributed by atoms with Gasteiger partial charge in [0.15, 0.2) is 0 Å². The lowest BCUT2D eigenvalue weighted by molar-refractivity contribution is -0.118. The van der Waals surface area contributed by atoms with Crippen LogP contribution in [0.25, 0.3) is 0 Å². The third kappa shape index (κ3) is 4.03. The molecule has 2 heterocycles. The molecule has 3 nitrogen and oxygen atoms in total. The summed E-state index contributed by atoms with van der Waals surface area (Å²) < 4.78 is 1.83. The van der Waals surface area contributed by atoms with E-state index in [-0.39, 0.29) is 0 Å². The number of aromatic nitrogens is 2. The number of carbonyl (C=O) groups excluding carboxylic acids is 1. The minimum atomic E-state index is 0.308. The minimum Gasteiger partial charge on any atom is -0.299 e. The third-order valence-corrected chi connectivity index (χ3v) is 4.16. The second kappa shape index (κ2) is 6.66. The molecule has 4 heteroatoms. The van der Waals surface area contributed by atoms with Gasteiger partial charge in [0.05, 0.1) is 5.69 Å². The summed E-state index contributed by atoms with van der Waals surface area (Å²) in [4.78, 5) is 13.3. The maximum Gasteiger partial charge on any atom is 0.138 e. The van der Waals surface area contributed by atoms with Crippen molar-refractivity contribution < 1.29 is 4.79 Å². The Bertz CT molecular complexity index is 528. The number of Topliss-reactive ketones (excluding diaryl/α,β-unsaturated/α-hetero) is 1. The van der Waals surface area contributed by atoms with E-state index in [1.807, 2.05) is 17.8 Å². The van der Waals surface area contributed by atoms with Crippen LogP contribution < -0.4 is 0 Å². The summed E-state index contributed by atoms with van der Waals surface area (Å²) in [5.74, 6) is 0.308. The standard InChI is InChI=1S/C15H20N2OS/c1-3-12-10-13(17(2)16-12)11-14(18)6-4-7-15-8-5-9-19-15/h5,8-10H,3-4,6-7,11H2,1-2H3. The van der Waals surface area contributed by atoms with E-state index >= 15 is 0 Å². The molecule has 0 atom stereocenters. The van der Waals surface area contributed by atoms with Crippen LogP contribution in [0.4, 0.5) is 0 Å². The molecule has 0 aromatic carbocycles. The van der Waals surface area contributed by atoms with Crippen LogP contribution in [-0.2, 0) is 31.1 Å². The lowest BCUT2D eigenvalue weighted by Gasteiger charge is -2.01. The molecular formula is C15H20N2OS. The summed E-state index contributed by atoms with van der Waals surface area (Å²) in [6.07, 6.45) is 4.03. The van der Waals surface area contributed by atoms with Crippen molar-refractivity contribution in [3.05, 3.63) is 39.8 Å². The van der Waals surface area contributed by atoms with Crippen LogP contribution in [0.3, 0.4) is 0 Å². The number of rotatable bonds is 7. The number of thiophene rings is 1. The molecule has 0 saturated carbocycles. The summed E-state index contributed by atoms with van der Waals surface area (Å²) in [5.41, 5.74) is 2.09. The Morgan fingerprint density at radius 1 is 1.47 bits per heavy atom. The second-order valence-corrected chi connectivity index (χ2v) is 5.78. The van der Waals surface area contributed by atoms with Crippen molar-refractivity contribution in [2.45, 2.75) is 39.0 Å². The molecule has 0 aliphatic rings. The Hall–Kier alpha value is -1.42. The number of hydrogen-bond acceptors (Lipinski definition) is 3. The summed E-state index contributed by atoms with van der Waals surface area (Å²) in [6, 6.07) is 6.23. The van der Waals surface area contributed by atoms with Crippen LogP contribution in [0.2, 0.25) is 0 Å². The monoisotopic (exact) mass is 276 g/mol. The first-order valence-electron chi connectivity index (χ1n) is 6.75. The predicted octanol–water partition coefficient (Wildman–Crippen LogP) is 3.18. The molecule has 0 bridgehead atoms. The quantitative estimate of drug-likeness (QED) is 0.778. The minimum absolute atomic E-state index is 0.308. The molecule has 0 unspecified atom stereocenters. The molecule has 2 aromatic rings. The van der Waals surface area contributed by atoms with Crippen molar-refractivity contribution in [2.75, 3.05) is 0 Å². The average molecular weight is 276 g/mol. The molecule has 2 rings (SSSR count). The van der Waals surface area contributed by atoms with Crippen molar-refractivity contribution in [3.8, 4) is 0 Å². The predicted molar refractivity (Wildman–Crippen MR) is 78.6 cm³/mol. The molecule has 0 N–H and O–H groups in total. The van der Waals surface area contributed by atoms with Crippen molar-refractivity contribution >= 4 is 17.1 Å². The Morgan fingerprint density at radius 2 is 2.32 bits per heavy atom. The molecule has 0 aliphatic heterocycles. The molecule has 2 aromatic heterocycles. The topological polar surface area (TPSA) is 34.9 Å². The summed E-state index contributed by atoms with van der Waals surface area (Å²) in [5, 5.41) is 6.45. The zero-order valence-electron chi connectivity index (χ0n) is 11.6. The van der Waals surface area contributed by atoms with Crippen LogP contribution >= 0.6 is 11.3 Å². The van der Waals surface area contributed by atoms with Crippen LogP contribution in [0.15, 0.2) is 23.6 Å². The first kappa shape index (κ1) is 14.0. The maximum atomic E-state index is 12.0. The number of hydrogen-bond donors (Lipinski definition) is 0. The number of ketones is 1. The smallest absolute Gasteiger partial charge is 0.138 e. The molecule has 0 fully saturated rings. The van der Waals surface area contributed by atoms with Crippen molar-refractivity contribution in [2.24, 2.45) is 7.05 Å². The lowest BCUT2D eigenvalue weighted by Crippen LogP contribution is -2.07. The highest BCUT2D eigenvalue weighted by molar-refractivity contribution is 7.09. The van der Waals surface area contributed by atoms with Gasteiger partial charge in [-0.05, 0) is 36.8 Å². The van der Waals surface area contributed by atoms with E-state index in [4.69, 9.17) is 0 Å².